The fourth-order valence-electron chi connectivity index (χ4n) is 2.28. The maximum Gasteiger partial charge on any atom is 0.282 e. The highest BCUT2D eigenvalue weighted by Gasteiger charge is 2.27. The van der Waals surface area contributed by atoms with Gasteiger partial charge in [-0.25, -0.2) is 9.37 Å². The lowest BCUT2D eigenvalue weighted by Crippen LogP contribution is -2.25. The molecule has 0 spiro atoms. The average molecular weight is 306 g/mol. The Morgan fingerprint density at radius 2 is 2.24 bits per heavy atom. The van der Waals surface area contributed by atoms with Crippen molar-refractivity contribution < 1.29 is 14.0 Å². The number of carbonyl (C=O) groups is 2. The van der Waals surface area contributed by atoms with Crippen LogP contribution < -0.4 is 5.73 Å². The lowest BCUT2D eigenvalue weighted by Gasteiger charge is -2.14. The molecule has 6 nitrogen and oxygen atoms in total. The first-order chi connectivity index (χ1) is 9.97. The molecule has 0 saturated carbocycles. The minimum atomic E-state index is -0.575. The number of rotatable bonds is 1. The number of halogens is 1. The van der Waals surface area contributed by atoms with Crippen LogP contribution in [0.3, 0.4) is 0 Å². The van der Waals surface area contributed by atoms with Crippen LogP contribution in [0.4, 0.5) is 9.18 Å². The van der Waals surface area contributed by atoms with Crippen LogP contribution in [-0.2, 0) is 6.54 Å². The fourth-order valence-corrected chi connectivity index (χ4v) is 2.85. The van der Waals surface area contributed by atoms with Crippen LogP contribution in [0.25, 0.3) is 5.69 Å². The van der Waals surface area contributed by atoms with E-state index in [1.165, 1.54) is 29.4 Å². The molecule has 0 aliphatic carbocycles. The minimum absolute atomic E-state index is 0.254. The number of primary amides is 1. The van der Waals surface area contributed by atoms with Gasteiger partial charge in [-0.1, -0.05) is 0 Å². The van der Waals surface area contributed by atoms with E-state index in [1.807, 2.05) is 0 Å². The molecule has 0 bridgehead atoms. The summed E-state index contributed by atoms with van der Waals surface area (Å²) in [5.74, 6) is -0.769. The standard InChI is InChI=1S/C13H11FN4O2S/c1-17-5-10-11(21-13(15)20)16-6-18(10)9-3-2-7(14)4-8(9)12(17)19/h2-4,6H,5H2,1H3,(H2,15,20). The van der Waals surface area contributed by atoms with Gasteiger partial charge < -0.3 is 10.6 Å². The van der Waals surface area contributed by atoms with E-state index in [0.29, 0.717) is 16.4 Å². The number of thioether (sulfide) groups is 1. The number of carbonyl (C=O) groups excluding carboxylic acids is 2. The van der Waals surface area contributed by atoms with Gasteiger partial charge in [-0.05, 0) is 30.0 Å². The molecule has 2 aromatic rings. The first-order valence-corrected chi connectivity index (χ1v) is 6.88. The topological polar surface area (TPSA) is 81.2 Å². The van der Waals surface area contributed by atoms with Crippen LogP contribution in [-0.4, -0.2) is 32.6 Å². The highest BCUT2D eigenvalue weighted by Crippen LogP contribution is 2.30. The predicted molar refractivity (Wildman–Crippen MR) is 74.8 cm³/mol. The summed E-state index contributed by atoms with van der Waals surface area (Å²) in [6.07, 6.45) is 1.50. The Kier molecular flexibility index (Phi) is 3.17. The van der Waals surface area contributed by atoms with Crippen LogP contribution in [0.1, 0.15) is 16.1 Å². The van der Waals surface area contributed by atoms with Gasteiger partial charge in [0.25, 0.3) is 11.1 Å². The van der Waals surface area contributed by atoms with E-state index in [1.54, 1.807) is 11.6 Å². The highest BCUT2D eigenvalue weighted by molar-refractivity contribution is 8.13. The molecular formula is C13H11FN4O2S. The van der Waals surface area contributed by atoms with Crippen molar-refractivity contribution in [3.8, 4) is 5.69 Å². The Labute approximate surface area is 123 Å². The summed E-state index contributed by atoms with van der Waals surface area (Å²) >= 11 is 0.805. The monoisotopic (exact) mass is 306 g/mol. The second-order valence-corrected chi connectivity index (χ2v) is 5.60. The number of fused-ring (bicyclic) bond motifs is 3. The number of benzene rings is 1. The van der Waals surface area contributed by atoms with Gasteiger partial charge in [0.1, 0.15) is 17.2 Å². The largest absolute Gasteiger partial charge is 0.360 e. The lowest BCUT2D eigenvalue weighted by molar-refractivity contribution is 0.0786. The molecule has 21 heavy (non-hydrogen) atoms. The third-order valence-corrected chi connectivity index (χ3v) is 3.94. The number of amides is 2. The van der Waals surface area contributed by atoms with Crippen molar-refractivity contribution in [1.82, 2.24) is 14.5 Å². The lowest BCUT2D eigenvalue weighted by atomic mass is 10.1. The van der Waals surface area contributed by atoms with Crippen LogP contribution >= 0.6 is 11.8 Å². The van der Waals surface area contributed by atoms with E-state index < -0.39 is 11.1 Å². The quantitative estimate of drug-likeness (QED) is 0.814. The van der Waals surface area contributed by atoms with Gasteiger partial charge in [-0.15, -0.1) is 0 Å². The molecule has 1 aromatic heterocycles. The molecule has 2 amide bonds. The van der Waals surface area contributed by atoms with Gasteiger partial charge in [-0.3, -0.25) is 14.2 Å². The maximum absolute atomic E-state index is 13.4. The Morgan fingerprint density at radius 3 is 2.95 bits per heavy atom. The van der Waals surface area contributed by atoms with Crippen molar-refractivity contribution in [2.45, 2.75) is 11.6 Å². The van der Waals surface area contributed by atoms with Crippen molar-refractivity contribution in [2.24, 2.45) is 5.73 Å². The first-order valence-electron chi connectivity index (χ1n) is 6.06. The summed E-state index contributed by atoms with van der Waals surface area (Å²) in [4.78, 5) is 29.0. The number of nitrogens with zero attached hydrogens (tertiary/aromatic N) is 3. The zero-order valence-electron chi connectivity index (χ0n) is 11.0. The van der Waals surface area contributed by atoms with Gasteiger partial charge in [0.2, 0.25) is 0 Å². The van der Waals surface area contributed by atoms with Crippen LogP contribution in [0.2, 0.25) is 0 Å². The molecule has 0 atom stereocenters. The zero-order valence-corrected chi connectivity index (χ0v) is 11.9. The van der Waals surface area contributed by atoms with Crippen LogP contribution in [0.5, 0.6) is 0 Å². The molecule has 1 aromatic carbocycles. The molecule has 1 aliphatic rings. The molecule has 8 heteroatoms. The summed E-state index contributed by atoms with van der Waals surface area (Å²) < 4.78 is 15.1. The van der Waals surface area contributed by atoms with Crippen LogP contribution in [0.15, 0.2) is 29.6 Å². The number of aromatic nitrogens is 2. The van der Waals surface area contributed by atoms with E-state index in [0.717, 1.165) is 11.8 Å². The number of nitrogens with two attached hydrogens (primary N) is 1. The molecule has 2 heterocycles. The highest BCUT2D eigenvalue weighted by atomic mass is 32.2. The second kappa shape index (κ2) is 4.88. The SMILES string of the molecule is CN1Cc2c(SC(N)=O)ncn2-c2ccc(F)cc2C1=O. The smallest absolute Gasteiger partial charge is 0.282 e. The van der Waals surface area contributed by atoms with Crippen LogP contribution in [0, 0.1) is 5.82 Å². The van der Waals surface area contributed by atoms with E-state index in [2.05, 4.69) is 4.98 Å². The number of hydrogen-bond donors (Lipinski definition) is 1. The van der Waals surface area contributed by atoms with Gasteiger partial charge in [0.15, 0.2) is 0 Å². The second-order valence-electron chi connectivity index (χ2n) is 4.61. The third-order valence-electron chi connectivity index (χ3n) is 3.21. The average Bonchev–Trinajstić information content (AvgIpc) is 2.75. The van der Waals surface area contributed by atoms with E-state index in [4.69, 9.17) is 5.73 Å². The molecule has 0 unspecified atom stereocenters. The molecule has 1 aliphatic heterocycles. The molecule has 2 N–H and O–H groups in total. The Balaban J connectivity index is 2.21. The number of imidazole rings is 1. The van der Waals surface area contributed by atoms with Crippen molar-refractivity contribution in [2.75, 3.05) is 7.05 Å². The molecule has 0 radical (unpaired) electrons. The first kappa shape index (κ1) is 13.6. The summed E-state index contributed by atoms with van der Waals surface area (Å²) in [5.41, 5.74) is 6.63. The summed E-state index contributed by atoms with van der Waals surface area (Å²) in [6.45, 7) is 0.255. The summed E-state index contributed by atoms with van der Waals surface area (Å²) in [5, 5.41) is -0.131. The molecule has 0 fully saturated rings. The van der Waals surface area contributed by atoms with E-state index in [-0.39, 0.29) is 18.0 Å². The zero-order chi connectivity index (χ0) is 15.1. The van der Waals surface area contributed by atoms with E-state index >= 15 is 0 Å². The summed E-state index contributed by atoms with van der Waals surface area (Å²) in [7, 11) is 1.61. The minimum Gasteiger partial charge on any atom is -0.360 e. The van der Waals surface area contributed by atoms with E-state index in [9.17, 15) is 14.0 Å². The van der Waals surface area contributed by atoms with Crippen molar-refractivity contribution in [3.05, 3.63) is 41.6 Å². The van der Waals surface area contributed by atoms with Crippen molar-refractivity contribution >= 4 is 22.9 Å². The Hall–Kier alpha value is -2.35. The fraction of sp³-hybridized carbons (Fsp3) is 0.154. The molecular weight excluding hydrogens is 295 g/mol. The Bertz CT molecular complexity index is 759. The van der Waals surface area contributed by atoms with Gasteiger partial charge in [0.05, 0.1) is 23.5 Å². The molecule has 3 rings (SSSR count). The Morgan fingerprint density at radius 1 is 1.48 bits per heavy atom. The van der Waals surface area contributed by atoms with Gasteiger partial charge in [0, 0.05) is 7.05 Å². The molecule has 0 saturated heterocycles. The predicted octanol–water partition coefficient (Wildman–Crippen LogP) is 1.77. The number of hydrogen-bond acceptors (Lipinski definition) is 4. The maximum atomic E-state index is 13.4. The van der Waals surface area contributed by atoms with Gasteiger partial charge >= 0.3 is 0 Å². The van der Waals surface area contributed by atoms with Crippen molar-refractivity contribution in [1.29, 1.82) is 0 Å². The van der Waals surface area contributed by atoms with Gasteiger partial charge in [-0.2, -0.15) is 0 Å². The third kappa shape index (κ3) is 2.27. The van der Waals surface area contributed by atoms with Crippen molar-refractivity contribution in [3.63, 3.8) is 0 Å². The molecule has 108 valence electrons. The normalized spacial score (nSPS) is 13.6. The summed E-state index contributed by atoms with van der Waals surface area (Å²) in [6, 6.07) is 4.00.